The van der Waals surface area contributed by atoms with Gasteiger partial charge in [-0.15, -0.1) is 0 Å². The summed E-state index contributed by atoms with van der Waals surface area (Å²) in [6, 6.07) is 13.5. The molecular formula is C23H23N3O5. The van der Waals surface area contributed by atoms with Gasteiger partial charge < -0.3 is 20.1 Å². The number of benzene rings is 2. The van der Waals surface area contributed by atoms with Crippen LogP contribution in [0.4, 0.5) is 10.5 Å². The highest BCUT2D eigenvalue weighted by Gasteiger charge is 2.42. The van der Waals surface area contributed by atoms with Crippen LogP contribution in [-0.2, 0) is 14.3 Å². The number of anilines is 1. The second kappa shape index (κ2) is 8.51. The van der Waals surface area contributed by atoms with Crippen LogP contribution >= 0.6 is 0 Å². The van der Waals surface area contributed by atoms with Gasteiger partial charge in [-0.2, -0.15) is 0 Å². The lowest BCUT2D eigenvalue weighted by molar-refractivity contribution is -0.136. The molecule has 0 unspecified atom stereocenters. The van der Waals surface area contributed by atoms with Gasteiger partial charge in [0.25, 0.3) is 0 Å². The number of nitrogens with zero attached hydrogens (tertiary/aromatic N) is 1. The zero-order valence-electron chi connectivity index (χ0n) is 17.3. The van der Waals surface area contributed by atoms with Crippen LogP contribution in [0.25, 0.3) is 0 Å². The average Bonchev–Trinajstić information content (AvgIpc) is 3.14. The minimum Gasteiger partial charge on any atom is -0.492 e. The quantitative estimate of drug-likeness (QED) is 0.699. The van der Waals surface area contributed by atoms with E-state index in [1.165, 1.54) is 4.90 Å². The first-order chi connectivity index (χ1) is 15.0. The van der Waals surface area contributed by atoms with Crippen LogP contribution < -0.4 is 15.4 Å². The van der Waals surface area contributed by atoms with E-state index < -0.39 is 23.9 Å². The molecule has 31 heavy (non-hydrogen) atoms. The number of esters is 1. The third-order valence-electron chi connectivity index (χ3n) is 5.17. The zero-order valence-corrected chi connectivity index (χ0v) is 17.3. The van der Waals surface area contributed by atoms with E-state index >= 15 is 0 Å². The number of cyclic esters (lactones) is 1. The summed E-state index contributed by atoms with van der Waals surface area (Å²) in [6.45, 7) is 3.96. The molecule has 2 aromatic rings. The normalized spacial score (nSPS) is 17.7. The molecule has 0 aromatic heterocycles. The molecule has 0 radical (unpaired) electrons. The van der Waals surface area contributed by atoms with Gasteiger partial charge in [-0.1, -0.05) is 42.0 Å². The second-order valence-electron chi connectivity index (χ2n) is 7.29. The predicted molar refractivity (Wildman–Crippen MR) is 113 cm³/mol. The number of aryl methyl sites for hydroxylation is 1. The van der Waals surface area contributed by atoms with E-state index in [4.69, 9.17) is 9.47 Å². The molecule has 2 aliphatic rings. The number of carbonyl (C=O) groups is 3. The summed E-state index contributed by atoms with van der Waals surface area (Å²) in [5, 5.41) is 5.60. The van der Waals surface area contributed by atoms with Gasteiger partial charge in [-0.05, 0) is 31.5 Å². The summed E-state index contributed by atoms with van der Waals surface area (Å²) in [5.41, 5.74) is 3.12. The number of rotatable bonds is 6. The van der Waals surface area contributed by atoms with Gasteiger partial charge in [0, 0.05) is 0 Å². The Morgan fingerprint density at radius 2 is 1.94 bits per heavy atom. The largest absolute Gasteiger partial charge is 0.492 e. The van der Waals surface area contributed by atoms with Crippen LogP contribution in [0.5, 0.6) is 5.75 Å². The van der Waals surface area contributed by atoms with Crippen molar-refractivity contribution in [3.63, 3.8) is 0 Å². The van der Waals surface area contributed by atoms with Crippen molar-refractivity contribution in [1.82, 2.24) is 10.2 Å². The van der Waals surface area contributed by atoms with E-state index in [-0.39, 0.29) is 13.2 Å². The van der Waals surface area contributed by atoms with E-state index in [0.29, 0.717) is 29.3 Å². The van der Waals surface area contributed by atoms with Crippen molar-refractivity contribution >= 4 is 23.6 Å². The fourth-order valence-electron chi connectivity index (χ4n) is 3.67. The Kier molecular flexibility index (Phi) is 5.62. The minimum atomic E-state index is -0.615. The Morgan fingerprint density at radius 3 is 2.68 bits per heavy atom. The van der Waals surface area contributed by atoms with Crippen molar-refractivity contribution < 1.29 is 23.9 Å². The molecule has 1 atom stereocenters. The smallest absolute Gasteiger partial charge is 0.338 e. The molecule has 4 rings (SSSR count). The summed E-state index contributed by atoms with van der Waals surface area (Å²) >= 11 is 0. The number of urea groups is 1. The number of amides is 3. The Labute approximate surface area is 179 Å². The lowest BCUT2D eigenvalue weighted by atomic mass is 9.95. The van der Waals surface area contributed by atoms with Crippen molar-refractivity contribution in [2.24, 2.45) is 0 Å². The Bertz CT molecular complexity index is 1060. The van der Waals surface area contributed by atoms with Crippen molar-refractivity contribution in [1.29, 1.82) is 0 Å². The number of carbonyl (C=O) groups excluding carboxylic acids is 3. The number of nitrogens with one attached hydrogen (secondary N) is 2. The molecule has 0 spiro atoms. The zero-order chi connectivity index (χ0) is 22.0. The van der Waals surface area contributed by atoms with Crippen molar-refractivity contribution in [2.45, 2.75) is 19.9 Å². The molecule has 0 bridgehead atoms. The predicted octanol–water partition coefficient (Wildman–Crippen LogP) is 2.91. The molecule has 8 heteroatoms. The minimum absolute atomic E-state index is 0.0488. The van der Waals surface area contributed by atoms with Crippen LogP contribution in [0.3, 0.4) is 0 Å². The van der Waals surface area contributed by atoms with E-state index in [1.807, 2.05) is 44.2 Å². The van der Waals surface area contributed by atoms with Gasteiger partial charge in [0.2, 0.25) is 5.91 Å². The summed E-state index contributed by atoms with van der Waals surface area (Å²) < 4.78 is 10.7. The molecule has 2 heterocycles. The van der Waals surface area contributed by atoms with Gasteiger partial charge in [0.05, 0.1) is 29.6 Å². The maximum Gasteiger partial charge on any atom is 0.338 e. The van der Waals surface area contributed by atoms with E-state index in [2.05, 4.69) is 10.6 Å². The SMILES string of the molecule is CCOc1ccccc1NC(=O)CN1C(=O)N[C@H](c2ccc(C)cc2)C2=C1COC2=O. The second-order valence-corrected chi connectivity index (χ2v) is 7.29. The standard InChI is InChI=1S/C23H23N3O5/c1-3-30-18-7-5-4-6-16(18)24-19(27)12-26-17-13-31-22(28)20(17)21(25-23(26)29)15-10-8-14(2)9-11-15/h4-11,21H,3,12-13H2,1-2H3,(H,24,27)(H,25,29)/t21-/m1/s1. The molecule has 0 aliphatic carbocycles. The molecule has 2 N–H and O–H groups in total. The lowest BCUT2D eigenvalue weighted by Crippen LogP contribution is -2.49. The highest BCUT2D eigenvalue weighted by atomic mass is 16.5. The highest BCUT2D eigenvalue weighted by Crippen LogP contribution is 2.35. The van der Waals surface area contributed by atoms with E-state index in [0.717, 1.165) is 11.1 Å². The van der Waals surface area contributed by atoms with Crippen LogP contribution in [0.1, 0.15) is 24.1 Å². The van der Waals surface area contributed by atoms with E-state index in [1.54, 1.807) is 18.2 Å². The first-order valence-electron chi connectivity index (χ1n) is 10.0. The average molecular weight is 421 g/mol. The van der Waals surface area contributed by atoms with Crippen molar-refractivity contribution in [2.75, 3.05) is 25.1 Å². The fraction of sp³-hybridized carbons (Fsp3) is 0.261. The molecular weight excluding hydrogens is 398 g/mol. The summed E-state index contributed by atoms with van der Waals surface area (Å²) in [7, 11) is 0. The molecule has 3 amide bonds. The number of ether oxygens (including phenoxy) is 2. The maximum absolute atomic E-state index is 12.9. The molecule has 0 saturated heterocycles. The first-order valence-corrected chi connectivity index (χ1v) is 10.0. The molecule has 0 saturated carbocycles. The molecule has 8 nitrogen and oxygen atoms in total. The molecule has 2 aromatic carbocycles. The Hall–Kier alpha value is -3.81. The number of para-hydroxylation sites is 2. The van der Waals surface area contributed by atoms with Crippen LogP contribution in [0.15, 0.2) is 59.8 Å². The Morgan fingerprint density at radius 1 is 1.19 bits per heavy atom. The van der Waals surface area contributed by atoms with Gasteiger partial charge in [-0.25, -0.2) is 9.59 Å². The fourth-order valence-corrected chi connectivity index (χ4v) is 3.67. The topological polar surface area (TPSA) is 97.0 Å². The molecule has 0 fully saturated rings. The van der Waals surface area contributed by atoms with Gasteiger partial charge in [0.1, 0.15) is 18.9 Å². The summed E-state index contributed by atoms with van der Waals surface area (Å²) in [4.78, 5) is 39.2. The molecule has 2 aliphatic heterocycles. The van der Waals surface area contributed by atoms with Crippen molar-refractivity contribution in [3.05, 3.63) is 70.9 Å². The maximum atomic E-state index is 12.9. The highest BCUT2D eigenvalue weighted by molar-refractivity contribution is 6.00. The number of hydrogen-bond acceptors (Lipinski definition) is 5. The van der Waals surface area contributed by atoms with Gasteiger partial charge in [0.15, 0.2) is 0 Å². The third kappa shape index (κ3) is 4.09. The monoisotopic (exact) mass is 421 g/mol. The van der Waals surface area contributed by atoms with Crippen LogP contribution in [0, 0.1) is 6.92 Å². The summed E-state index contributed by atoms with van der Waals surface area (Å²) in [6.07, 6.45) is 0. The lowest BCUT2D eigenvalue weighted by Gasteiger charge is -2.32. The Balaban J connectivity index is 1.57. The summed E-state index contributed by atoms with van der Waals surface area (Å²) in [5.74, 6) is -0.366. The van der Waals surface area contributed by atoms with Crippen LogP contribution in [0.2, 0.25) is 0 Å². The van der Waals surface area contributed by atoms with Crippen molar-refractivity contribution in [3.8, 4) is 5.75 Å². The number of hydrogen-bond donors (Lipinski definition) is 2. The third-order valence-corrected chi connectivity index (χ3v) is 5.17. The van der Waals surface area contributed by atoms with Crippen LogP contribution in [-0.4, -0.2) is 42.6 Å². The first kappa shape index (κ1) is 20.5. The molecule has 160 valence electrons. The van der Waals surface area contributed by atoms with Gasteiger partial charge >= 0.3 is 12.0 Å². The van der Waals surface area contributed by atoms with E-state index in [9.17, 15) is 14.4 Å². The van der Waals surface area contributed by atoms with Gasteiger partial charge in [-0.3, -0.25) is 9.69 Å².